The summed E-state index contributed by atoms with van der Waals surface area (Å²) in [5, 5.41) is 10.6. The van der Waals surface area contributed by atoms with Gasteiger partial charge in [-0.2, -0.15) is 0 Å². The summed E-state index contributed by atoms with van der Waals surface area (Å²) >= 11 is 0. The van der Waals surface area contributed by atoms with Crippen LogP contribution in [0.25, 0.3) is 0 Å². The number of hydrogen-bond donors (Lipinski definition) is 1. The van der Waals surface area contributed by atoms with Gasteiger partial charge in [-0.3, -0.25) is 0 Å². The minimum absolute atomic E-state index is 0.444. The third-order valence-corrected chi connectivity index (χ3v) is 3.86. The van der Waals surface area contributed by atoms with E-state index in [1.165, 1.54) is 0 Å². The van der Waals surface area contributed by atoms with Gasteiger partial charge in [-0.05, 0) is 25.3 Å². The second-order valence-corrected chi connectivity index (χ2v) is 4.90. The number of hydrogen-bond acceptors (Lipinski definition) is 4. The first-order valence-electron chi connectivity index (χ1n) is 6.67. The average molecular weight is 266 g/mol. The molecule has 1 unspecified atom stereocenters. The molecule has 19 heavy (non-hydrogen) atoms. The SMILES string of the molecule is COCCOc1ccccc1C(O)C1(OC)CCC1. The molecule has 0 radical (unpaired) electrons. The van der Waals surface area contributed by atoms with Crippen LogP contribution in [0.4, 0.5) is 0 Å². The molecule has 1 N–H and O–H groups in total. The summed E-state index contributed by atoms with van der Waals surface area (Å²) in [4.78, 5) is 0. The molecule has 2 rings (SSSR count). The number of rotatable bonds is 7. The normalized spacial score (nSPS) is 18.7. The minimum Gasteiger partial charge on any atom is -0.491 e. The lowest BCUT2D eigenvalue weighted by molar-refractivity contribution is -0.152. The van der Waals surface area contributed by atoms with Gasteiger partial charge >= 0.3 is 0 Å². The molecule has 1 saturated carbocycles. The predicted octanol–water partition coefficient (Wildman–Crippen LogP) is 2.31. The van der Waals surface area contributed by atoms with E-state index in [1.54, 1.807) is 14.2 Å². The molecule has 1 fully saturated rings. The molecule has 0 spiro atoms. The zero-order valence-electron chi connectivity index (χ0n) is 11.6. The molecular formula is C15H22O4. The summed E-state index contributed by atoms with van der Waals surface area (Å²) in [5.41, 5.74) is 0.348. The van der Waals surface area contributed by atoms with Gasteiger partial charge < -0.3 is 19.3 Å². The zero-order valence-corrected chi connectivity index (χ0v) is 11.6. The Morgan fingerprint density at radius 3 is 2.53 bits per heavy atom. The molecule has 1 aromatic rings. The maximum atomic E-state index is 10.6. The predicted molar refractivity (Wildman–Crippen MR) is 72.4 cm³/mol. The highest BCUT2D eigenvalue weighted by molar-refractivity contribution is 5.37. The van der Waals surface area contributed by atoms with Crippen LogP contribution in [-0.2, 0) is 9.47 Å². The molecule has 1 aliphatic carbocycles. The fourth-order valence-electron chi connectivity index (χ4n) is 2.47. The van der Waals surface area contributed by atoms with E-state index in [1.807, 2.05) is 24.3 Å². The molecule has 0 amide bonds. The van der Waals surface area contributed by atoms with Gasteiger partial charge in [0.15, 0.2) is 0 Å². The summed E-state index contributed by atoms with van der Waals surface area (Å²) in [6.45, 7) is 1.00. The lowest BCUT2D eigenvalue weighted by Crippen LogP contribution is -2.45. The standard InChI is InChI=1S/C15H22O4/c1-17-10-11-19-13-7-4-3-6-12(13)14(16)15(18-2)8-5-9-15/h3-4,6-7,14,16H,5,8-11H2,1-2H3. The van der Waals surface area contributed by atoms with Gasteiger partial charge in [-0.1, -0.05) is 18.2 Å². The lowest BCUT2D eigenvalue weighted by Gasteiger charge is -2.44. The number of aliphatic hydroxyl groups is 1. The van der Waals surface area contributed by atoms with Crippen molar-refractivity contribution in [2.75, 3.05) is 27.4 Å². The van der Waals surface area contributed by atoms with Crippen molar-refractivity contribution >= 4 is 0 Å². The van der Waals surface area contributed by atoms with Crippen LogP contribution in [-0.4, -0.2) is 38.1 Å². The molecule has 1 aliphatic rings. The van der Waals surface area contributed by atoms with E-state index >= 15 is 0 Å². The van der Waals surface area contributed by atoms with Crippen molar-refractivity contribution < 1.29 is 19.3 Å². The van der Waals surface area contributed by atoms with Crippen molar-refractivity contribution in [2.45, 2.75) is 31.0 Å². The van der Waals surface area contributed by atoms with Crippen LogP contribution in [0, 0.1) is 0 Å². The number of benzene rings is 1. The third-order valence-electron chi connectivity index (χ3n) is 3.86. The first-order valence-corrected chi connectivity index (χ1v) is 6.67. The number of methoxy groups -OCH3 is 2. The first-order chi connectivity index (χ1) is 9.23. The van der Waals surface area contributed by atoms with E-state index < -0.39 is 11.7 Å². The van der Waals surface area contributed by atoms with Crippen LogP contribution in [0.1, 0.15) is 30.9 Å². The Morgan fingerprint density at radius 1 is 1.21 bits per heavy atom. The highest BCUT2D eigenvalue weighted by atomic mass is 16.5. The average Bonchev–Trinajstić information content (AvgIpc) is 2.39. The highest BCUT2D eigenvalue weighted by Gasteiger charge is 2.45. The van der Waals surface area contributed by atoms with Gasteiger partial charge in [0.05, 0.1) is 12.2 Å². The van der Waals surface area contributed by atoms with Crippen LogP contribution in [0.2, 0.25) is 0 Å². The van der Waals surface area contributed by atoms with Gasteiger partial charge in [0.1, 0.15) is 18.5 Å². The Labute approximate surface area is 114 Å². The molecule has 0 aliphatic heterocycles. The molecule has 4 heteroatoms. The Kier molecular flexibility index (Phi) is 4.80. The summed E-state index contributed by atoms with van der Waals surface area (Å²) in [7, 11) is 3.30. The second kappa shape index (κ2) is 6.37. The van der Waals surface area contributed by atoms with E-state index in [2.05, 4.69) is 0 Å². The number of ether oxygens (including phenoxy) is 3. The largest absolute Gasteiger partial charge is 0.491 e. The van der Waals surface area contributed by atoms with E-state index in [9.17, 15) is 5.11 Å². The monoisotopic (exact) mass is 266 g/mol. The third kappa shape index (κ3) is 2.91. The summed E-state index contributed by atoms with van der Waals surface area (Å²) in [6, 6.07) is 7.57. The van der Waals surface area contributed by atoms with Gasteiger partial charge in [0.2, 0.25) is 0 Å². The number of para-hydroxylation sites is 1. The van der Waals surface area contributed by atoms with E-state index in [-0.39, 0.29) is 0 Å². The van der Waals surface area contributed by atoms with Crippen molar-refractivity contribution in [1.82, 2.24) is 0 Å². The van der Waals surface area contributed by atoms with Crippen molar-refractivity contribution in [3.8, 4) is 5.75 Å². The van der Waals surface area contributed by atoms with Crippen LogP contribution in [0.5, 0.6) is 5.75 Å². The zero-order chi connectivity index (χ0) is 13.7. The van der Waals surface area contributed by atoms with Crippen molar-refractivity contribution in [2.24, 2.45) is 0 Å². The molecule has 0 heterocycles. The molecule has 4 nitrogen and oxygen atoms in total. The number of aliphatic hydroxyl groups excluding tert-OH is 1. The fourth-order valence-corrected chi connectivity index (χ4v) is 2.47. The molecule has 0 saturated heterocycles. The maximum absolute atomic E-state index is 10.6. The van der Waals surface area contributed by atoms with Gasteiger partial charge in [0, 0.05) is 19.8 Å². The smallest absolute Gasteiger partial charge is 0.125 e. The van der Waals surface area contributed by atoms with Gasteiger partial charge in [-0.15, -0.1) is 0 Å². The minimum atomic E-state index is -0.648. The summed E-state index contributed by atoms with van der Waals surface area (Å²) < 4.78 is 16.2. The molecule has 106 valence electrons. The molecule has 0 aromatic heterocycles. The van der Waals surface area contributed by atoms with E-state index in [4.69, 9.17) is 14.2 Å². The Morgan fingerprint density at radius 2 is 1.95 bits per heavy atom. The molecule has 1 aromatic carbocycles. The van der Waals surface area contributed by atoms with Gasteiger partial charge in [0.25, 0.3) is 0 Å². The van der Waals surface area contributed by atoms with E-state index in [0.29, 0.717) is 19.0 Å². The van der Waals surface area contributed by atoms with E-state index in [0.717, 1.165) is 24.8 Å². The van der Waals surface area contributed by atoms with Crippen LogP contribution >= 0.6 is 0 Å². The van der Waals surface area contributed by atoms with Crippen molar-refractivity contribution in [1.29, 1.82) is 0 Å². The molecule has 0 bridgehead atoms. The Balaban J connectivity index is 2.14. The summed E-state index contributed by atoms with van der Waals surface area (Å²) in [5.74, 6) is 0.704. The quantitative estimate of drug-likeness (QED) is 0.769. The second-order valence-electron chi connectivity index (χ2n) is 4.90. The fraction of sp³-hybridized carbons (Fsp3) is 0.600. The maximum Gasteiger partial charge on any atom is 0.125 e. The highest BCUT2D eigenvalue weighted by Crippen LogP contribution is 2.46. The topological polar surface area (TPSA) is 47.9 Å². The summed E-state index contributed by atoms with van der Waals surface area (Å²) in [6.07, 6.45) is 2.22. The first kappa shape index (κ1) is 14.3. The van der Waals surface area contributed by atoms with Crippen molar-refractivity contribution in [3.63, 3.8) is 0 Å². The molecule has 1 atom stereocenters. The van der Waals surface area contributed by atoms with Crippen LogP contribution in [0.15, 0.2) is 24.3 Å². The van der Waals surface area contributed by atoms with Crippen LogP contribution < -0.4 is 4.74 Å². The Hall–Kier alpha value is -1.10. The Bertz CT molecular complexity index is 395. The van der Waals surface area contributed by atoms with Crippen molar-refractivity contribution in [3.05, 3.63) is 29.8 Å². The lowest BCUT2D eigenvalue weighted by atomic mass is 9.73. The molecular weight excluding hydrogens is 244 g/mol. The van der Waals surface area contributed by atoms with Gasteiger partial charge in [-0.25, -0.2) is 0 Å². The van der Waals surface area contributed by atoms with Crippen LogP contribution in [0.3, 0.4) is 0 Å².